The van der Waals surface area contributed by atoms with Crippen molar-refractivity contribution < 1.29 is 0 Å². The fourth-order valence-electron chi connectivity index (χ4n) is 2.16. The Bertz CT molecular complexity index is 665. The summed E-state index contributed by atoms with van der Waals surface area (Å²) in [6.45, 7) is 3.98. The molecule has 0 atom stereocenters. The first-order chi connectivity index (χ1) is 8.72. The average molecular weight is 237 g/mol. The lowest BCUT2D eigenvalue weighted by atomic mass is 10.2. The van der Waals surface area contributed by atoms with E-state index < -0.39 is 0 Å². The number of para-hydroxylation sites is 1. The number of hydrogen-bond donors (Lipinski definition) is 1. The molecule has 0 aliphatic carbocycles. The van der Waals surface area contributed by atoms with Gasteiger partial charge in [0, 0.05) is 23.8 Å². The van der Waals surface area contributed by atoms with Gasteiger partial charge in [0.25, 0.3) is 0 Å². The molecule has 0 radical (unpaired) electrons. The summed E-state index contributed by atoms with van der Waals surface area (Å²) in [5, 5.41) is 1.24. The topological polar surface area (TPSA) is 41.6 Å². The molecule has 0 amide bonds. The summed E-state index contributed by atoms with van der Waals surface area (Å²) in [4.78, 5) is 12.3. The Morgan fingerprint density at radius 1 is 1.17 bits per heavy atom. The molecule has 18 heavy (non-hydrogen) atoms. The minimum Gasteiger partial charge on any atom is -0.358 e. The van der Waals surface area contributed by atoms with Crippen LogP contribution in [0.25, 0.3) is 10.9 Å². The van der Waals surface area contributed by atoms with E-state index in [1.807, 2.05) is 26.1 Å². The number of H-pyrrole nitrogens is 1. The summed E-state index contributed by atoms with van der Waals surface area (Å²) in [6, 6.07) is 10.5. The van der Waals surface area contributed by atoms with E-state index in [-0.39, 0.29) is 0 Å². The molecule has 2 heterocycles. The molecule has 0 unspecified atom stereocenters. The van der Waals surface area contributed by atoms with Gasteiger partial charge in [0.2, 0.25) is 0 Å². The lowest BCUT2D eigenvalue weighted by molar-refractivity contribution is 0.937. The Balaban J connectivity index is 1.98. The average Bonchev–Trinajstić information content (AvgIpc) is 2.76. The van der Waals surface area contributed by atoms with Crippen molar-refractivity contribution in [2.75, 3.05) is 0 Å². The number of fused-ring (bicyclic) bond motifs is 1. The van der Waals surface area contributed by atoms with Crippen LogP contribution in [-0.4, -0.2) is 15.0 Å². The van der Waals surface area contributed by atoms with Gasteiger partial charge in [0.05, 0.1) is 17.1 Å². The minimum absolute atomic E-state index is 0.801. The summed E-state index contributed by atoms with van der Waals surface area (Å²) in [5.41, 5.74) is 5.36. The van der Waals surface area contributed by atoms with Crippen molar-refractivity contribution in [3.8, 4) is 0 Å². The second kappa shape index (κ2) is 4.26. The summed E-state index contributed by atoms with van der Waals surface area (Å²) in [6.07, 6.45) is 2.61. The summed E-state index contributed by atoms with van der Waals surface area (Å²) in [7, 11) is 0. The summed E-state index contributed by atoms with van der Waals surface area (Å²) < 4.78 is 0. The van der Waals surface area contributed by atoms with Gasteiger partial charge in [-0.25, -0.2) is 0 Å². The van der Waals surface area contributed by atoms with Crippen molar-refractivity contribution >= 4 is 10.9 Å². The highest BCUT2D eigenvalue weighted by molar-refractivity contribution is 5.80. The second-order valence-corrected chi connectivity index (χ2v) is 4.60. The number of nitrogens with one attached hydrogen (secondary N) is 1. The van der Waals surface area contributed by atoms with Gasteiger partial charge in [-0.15, -0.1) is 0 Å². The third kappa shape index (κ3) is 1.99. The number of aryl methyl sites for hydroxylation is 2. The molecule has 0 aliphatic rings. The van der Waals surface area contributed by atoms with Gasteiger partial charge < -0.3 is 4.98 Å². The number of nitrogens with zero attached hydrogens (tertiary/aromatic N) is 2. The van der Waals surface area contributed by atoms with Gasteiger partial charge in [-0.05, 0) is 31.4 Å². The number of aromatic nitrogens is 3. The molecule has 0 spiro atoms. The van der Waals surface area contributed by atoms with Crippen LogP contribution in [0.3, 0.4) is 0 Å². The van der Waals surface area contributed by atoms with E-state index >= 15 is 0 Å². The van der Waals surface area contributed by atoms with Crippen LogP contribution in [0.15, 0.2) is 36.5 Å². The monoisotopic (exact) mass is 237 g/mol. The molecular weight excluding hydrogens is 222 g/mol. The molecule has 0 aliphatic heterocycles. The van der Waals surface area contributed by atoms with Crippen molar-refractivity contribution in [2.24, 2.45) is 0 Å². The quantitative estimate of drug-likeness (QED) is 0.743. The molecule has 2 aromatic heterocycles. The molecule has 1 aromatic carbocycles. The van der Waals surface area contributed by atoms with Crippen LogP contribution in [-0.2, 0) is 6.42 Å². The van der Waals surface area contributed by atoms with E-state index in [0.717, 1.165) is 23.5 Å². The first kappa shape index (κ1) is 11.0. The fourth-order valence-corrected chi connectivity index (χ4v) is 2.16. The van der Waals surface area contributed by atoms with Gasteiger partial charge in [0.15, 0.2) is 0 Å². The van der Waals surface area contributed by atoms with E-state index in [0.29, 0.717) is 0 Å². The molecule has 0 fully saturated rings. The maximum absolute atomic E-state index is 4.56. The molecule has 90 valence electrons. The predicted octanol–water partition coefficient (Wildman–Crippen LogP) is 3.17. The SMILES string of the molecule is Cc1cnc(C)c(Cc2cc3ccccc3[nH]2)n1. The van der Waals surface area contributed by atoms with Gasteiger partial charge in [0.1, 0.15) is 0 Å². The van der Waals surface area contributed by atoms with Crippen molar-refractivity contribution in [3.05, 3.63) is 59.3 Å². The van der Waals surface area contributed by atoms with Gasteiger partial charge >= 0.3 is 0 Å². The summed E-state index contributed by atoms with van der Waals surface area (Å²) >= 11 is 0. The third-order valence-electron chi connectivity index (χ3n) is 3.12. The van der Waals surface area contributed by atoms with Crippen molar-refractivity contribution in [1.29, 1.82) is 0 Å². The Hall–Kier alpha value is -2.16. The Labute approximate surface area is 106 Å². The number of rotatable bonds is 2. The zero-order valence-electron chi connectivity index (χ0n) is 10.6. The normalized spacial score (nSPS) is 11.0. The highest BCUT2D eigenvalue weighted by atomic mass is 14.8. The Morgan fingerprint density at radius 3 is 2.83 bits per heavy atom. The fraction of sp³-hybridized carbons (Fsp3) is 0.200. The van der Waals surface area contributed by atoms with Crippen molar-refractivity contribution in [3.63, 3.8) is 0 Å². The third-order valence-corrected chi connectivity index (χ3v) is 3.12. The first-order valence-corrected chi connectivity index (χ1v) is 6.08. The molecule has 3 nitrogen and oxygen atoms in total. The lowest BCUT2D eigenvalue weighted by Crippen LogP contribution is -2.00. The van der Waals surface area contributed by atoms with Gasteiger partial charge in [-0.3, -0.25) is 9.97 Å². The molecule has 3 heteroatoms. The number of hydrogen-bond acceptors (Lipinski definition) is 2. The predicted molar refractivity (Wildman–Crippen MR) is 72.6 cm³/mol. The zero-order valence-corrected chi connectivity index (χ0v) is 10.6. The molecule has 0 saturated heterocycles. The molecule has 0 bridgehead atoms. The summed E-state index contributed by atoms with van der Waals surface area (Å²) in [5.74, 6) is 0. The molecule has 3 aromatic rings. The highest BCUT2D eigenvalue weighted by Crippen LogP contribution is 2.17. The van der Waals surface area contributed by atoms with Crippen LogP contribution in [0.5, 0.6) is 0 Å². The van der Waals surface area contributed by atoms with Crippen molar-refractivity contribution in [1.82, 2.24) is 15.0 Å². The largest absolute Gasteiger partial charge is 0.358 e. The van der Waals surface area contributed by atoms with Gasteiger partial charge in [-0.2, -0.15) is 0 Å². The lowest BCUT2D eigenvalue weighted by Gasteiger charge is -2.03. The highest BCUT2D eigenvalue weighted by Gasteiger charge is 2.06. The minimum atomic E-state index is 0.801. The van der Waals surface area contributed by atoms with Crippen molar-refractivity contribution in [2.45, 2.75) is 20.3 Å². The van der Waals surface area contributed by atoms with Crippen LogP contribution in [0.1, 0.15) is 22.8 Å². The van der Waals surface area contributed by atoms with Crippen LogP contribution >= 0.6 is 0 Å². The smallest absolute Gasteiger partial charge is 0.0677 e. The zero-order chi connectivity index (χ0) is 12.5. The van der Waals surface area contributed by atoms with Crippen LogP contribution in [0, 0.1) is 13.8 Å². The molecule has 0 saturated carbocycles. The van der Waals surface area contributed by atoms with E-state index in [1.54, 1.807) is 0 Å². The van der Waals surface area contributed by atoms with Crippen LogP contribution in [0.4, 0.5) is 0 Å². The number of benzene rings is 1. The van der Waals surface area contributed by atoms with Crippen LogP contribution < -0.4 is 0 Å². The van der Waals surface area contributed by atoms with E-state index in [2.05, 4.69) is 39.2 Å². The van der Waals surface area contributed by atoms with E-state index in [1.165, 1.54) is 16.6 Å². The molecular formula is C15H15N3. The van der Waals surface area contributed by atoms with Crippen LogP contribution in [0.2, 0.25) is 0 Å². The Morgan fingerprint density at radius 2 is 2.00 bits per heavy atom. The number of aromatic amines is 1. The van der Waals surface area contributed by atoms with E-state index in [4.69, 9.17) is 0 Å². The maximum atomic E-state index is 4.56. The maximum Gasteiger partial charge on any atom is 0.0677 e. The second-order valence-electron chi connectivity index (χ2n) is 4.60. The van der Waals surface area contributed by atoms with E-state index in [9.17, 15) is 0 Å². The first-order valence-electron chi connectivity index (χ1n) is 6.08. The Kier molecular flexibility index (Phi) is 2.59. The molecule has 1 N–H and O–H groups in total. The molecule has 3 rings (SSSR count). The standard InChI is InChI=1S/C15H15N3/c1-10-9-16-11(2)15(17-10)8-13-7-12-5-3-4-6-14(12)18-13/h3-7,9,18H,8H2,1-2H3. The van der Waals surface area contributed by atoms with Gasteiger partial charge in [-0.1, -0.05) is 18.2 Å².